The Balaban J connectivity index is 2.07. The standard InChI is InChI=1S/C20H21N5O4/c21-19(28)16-7-11-2-1-3-13(4-11)14-5-12(6-15(9-14)24-20(22)29)8-17(26)23-10-18(27)25-16/h1-6,9,16H,7-8,10H2,(H2,21,28)(H,23,26)(H,25,27)(H3,22,24,29). The van der Waals surface area contributed by atoms with E-state index in [4.69, 9.17) is 11.5 Å². The molecule has 9 nitrogen and oxygen atoms in total. The molecule has 2 aromatic carbocycles. The van der Waals surface area contributed by atoms with Gasteiger partial charge in [-0.15, -0.1) is 0 Å². The van der Waals surface area contributed by atoms with Crippen molar-refractivity contribution in [3.8, 4) is 11.1 Å². The Morgan fingerprint density at radius 3 is 2.45 bits per heavy atom. The monoisotopic (exact) mass is 395 g/mol. The average Bonchev–Trinajstić information content (AvgIpc) is 2.64. The van der Waals surface area contributed by atoms with Crippen molar-refractivity contribution in [2.24, 2.45) is 11.5 Å². The number of rotatable bonds is 2. The van der Waals surface area contributed by atoms with E-state index >= 15 is 0 Å². The van der Waals surface area contributed by atoms with Crippen LogP contribution in [0.5, 0.6) is 0 Å². The fourth-order valence-corrected chi connectivity index (χ4v) is 3.18. The minimum absolute atomic E-state index is 0.00645. The normalized spacial score (nSPS) is 16.8. The van der Waals surface area contributed by atoms with Crippen LogP contribution < -0.4 is 27.4 Å². The van der Waals surface area contributed by atoms with Crippen LogP contribution in [-0.4, -0.2) is 36.3 Å². The van der Waals surface area contributed by atoms with Crippen LogP contribution in [0.4, 0.5) is 10.5 Å². The molecule has 0 aliphatic carbocycles. The largest absolute Gasteiger partial charge is 0.368 e. The minimum Gasteiger partial charge on any atom is -0.368 e. The summed E-state index contributed by atoms with van der Waals surface area (Å²) in [6, 6.07) is 10.9. The van der Waals surface area contributed by atoms with Crippen molar-refractivity contribution in [2.75, 3.05) is 11.9 Å². The number of urea groups is 1. The molecule has 0 fully saturated rings. The number of benzene rings is 2. The predicted octanol–water partition coefficient (Wildman–Crippen LogP) is 0.0291. The summed E-state index contributed by atoms with van der Waals surface area (Å²) in [5, 5.41) is 7.58. The van der Waals surface area contributed by atoms with Gasteiger partial charge in [0.15, 0.2) is 0 Å². The Labute approximate surface area is 166 Å². The molecule has 29 heavy (non-hydrogen) atoms. The molecule has 1 heterocycles. The summed E-state index contributed by atoms with van der Waals surface area (Å²) in [6.07, 6.45) is 0.197. The van der Waals surface area contributed by atoms with Gasteiger partial charge in [-0.25, -0.2) is 4.79 Å². The summed E-state index contributed by atoms with van der Waals surface area (Å²) in [5.41, 5.74) is 14.1. The lowest BCUT2D eigenvalue weighted by Crippen LogP contribution is -2.49. The zero-order valence-corrected chi connectivity index (χ0v) is 15.5. The summed E-state index contributed by atoms with van der Waals surface area (Å²) in [6.45, 7) is -0.283. The highest BCUT2D eigenvalue weighted by molar-refractivity contribution is 5.91. The summed E-state index contributed by atoms with van der Waals surface area (Å²) in [5.74, 6) is -1.57. The van der Waals surface area contributed by atoms with Gasteiger partial charge in [0, 0.05) is 12.1 Å². The van der Waals surface area contributed by atoms with Crippen LogP contribution in [-0.2, 0) is 27.2 Å². The Kier molecular flexibility index (Phi) is 5.77. The smallest absolute Gasteiger partial charge is 0.316 e. The van der Waals surface area contributed by atoms with Crippen LogP contribution in [0.2, 0.25) is 0 Å². The van der Waals surface area contributed by atoms with E-state index < -0.39 is 23.9 Å². The molecule has 0 saturated carbocycles. The van der Waals surface area contributed by atoms with Crippen molar-refractivity contribution in [3.63, 3.8) is 0 Å². The number of carbonyl (C=O) groups excluding carboxylic acids is 4. The molecule has 2 aromatic rings. The Morgan fingerprint density at radius 2 is 1.72 bits per heavy atom. The number of amides is 5. The molecule has 150 valence electrons. The number of nitrogens with one attached hydrogen (secondary N) is 3. The second-order valence-corrected chi connectivity index (χ2v) is 6.79. The van der Waals surface area contributed by atoms with E-state index in [2.05, 4.69) is 16.0 Å². The van der Waals surface area contributed by atoms with Gasteiger partial charge in [-0.3, -0.25) is 14.4 Å². The van der Waals surface area contributed by atoms with Gasteiger partial charge >= 0.3 is 6.03 Å². The molecule has 5 amide bonds. The van der Waals surface area contributed by atoms with Crippen LogP contribution in [0.3, 0.4) is 0 Å². The lowest BCUT2D eigenvalue weighted by Gasteiger charge is -2.18. The Hall–Kier alpha value is -3.88. The van der Waals surface area contributed by atoms with E-state index in [9.17, 15) is 19.2 Å². The second-order valence-electron chi connectivity index (χ2n) is 6.79. The molecule has 1 unspecified atom stereocenters. The molecule has 0 spiro atoms. The first-order valence-corrected chi connectivity index (χ1v) is 8.95. The maximum atomic E-state index is 12.2. The maximum Gasteiger partial charge on any atom is 0.316 e. The van der Waals surface area contributed by atoms with Gasteiger partial charge in [0.2, 0.25) is 17.7 Å². The Bertz CT molecular complexity index is 989. The van der Waals surface area contributed by atoms with Crippen LogP contribution in [0.15, 0.2) is 42.5 Å². The molecule has 9 heteroatoms. The molecule has 0 radical (unpaired) electrons. The number of primary amides is 2. The fourth-order valence-electron chi connectivity index (χ4n) is 3.18. The molecule has 7 N–H and O–H groups in total. The number of carbonyl (C=O) groups is 4. The number of fused-ring (bicyclic) bond motifs is 5. The molecule has 1 atom stereocenters. The molecule has 3 rings (SSSR count). The van der Waals surface area contributed by atoms with Gasteiger partial charge in [0.05, 0.1) is 13.0 Å². The third-order valence-corrected chi connectivity index (χ3v) is 4.45. The molecule has 1 aliphatic rings. The van der Waals surface area contributed by atoms with Crippen molar-refractivity contribution in [1.82, 2.24) is 10.6 Å². The van der Waals surface area contributed by atoms with Gasteiger partial charge in [-0.1, -0.05) is 30.3 Å². The van der Waals surface area contributed by atoms with Gasteiger partial charge in [-0.05, 0) is 34.4 Å². The van der Waals surface area contributed by atoms with E-state index in [1.165, 1.54) is 0 Å². The lowest BCUT2D eigenvalue weighted by molar-refractivity contribution is -0.128. The highest BCUT2D eigenvalue weighted by Crippen LogP contribution is 2.26. The molecule has 1 aliphatic heterocycles. The first-order chi connectivity index (χ1) is 13.8. The van der Waals surface area contributed by atoms with Crippen molar-refractivity contribution < 1.29 is 19.2 Å². The highest BCUT2D eigenvalue weighted by atomic mass is 16.2. The summed E-state index contributed by atoms with van der Waals surface area (Å²) in [7, 11) is 0. The van der Waals surface area contributed by atoms with E-state index in [-0.39, 0.29) is 25.3 Å². The van der Waals surface area contributed by atoms with Crippen LogP contribution >= 0.6 is 0 Å². The Morgan fingerprint density at radius 1 is 0.966 bits per heavy atom. The first-order valence-electron chi connectivity index (χ1n) is 8.95. The lowest BCUT2D eigenvalue weighted by atomic mass is 9.96. The highest BCUT2D eigenvalue weighted by Gasteiger charge is 2.20. The van der Waals surface area contributed by atoms with Gasteiger partial charge < -0.3 is 27.4 Å². The van der Waals surface area contributed by atoms with Crippen LogP contribution in [0.25, 0.3) is 11.1 Å². The second kappa shape index (κ2) is 8.42. The van der Waals surface area contributed by atoms with Gasteiger partial charge in [0.25, 0.3) is 0 Å². The van der Waals surface area contributed by atoms with Gasteiger partial charge in [-0.2, -0.15) is 0 Å². The fraction of sp³-hybridized carbons (Fsp3) is 0.200. The molecule has 4 bridgehead atoms. The van der Waals surface area contributed by atoms with Gasteiger partial charge in [0.1, 0.15) is 6.04 Å². The van der Waals surface area contributed by atoms with Crippen molar-refractivity contribution >= 4 is 29.4 Å². The number of nitrogens with two attached hydrogens (primary N) is 2. The molecule has 0 aromatic heterocycles. The summed E-state index contributed by atoms with van der Waals surface area (Å²) in [4.78, 5) is 47.4. The minimum atomic E-state index is -0.906. The molecular formula is C20H21N5O4. The predicted molar refractivity (Wildman–Crippen MR) is 107 cm³/mol. The van der Waals surface area contributed by atoms with Crippen molar-refractivity contribution in [3.05, 3.63) is 53.6 Å². The van der Waals surface area contributed by atoms with E-state index in [0.717, 1.165) is 16.7 Å². The first kappa shape index (κ1) is 19.9. The maximum absolute atomic E-state index is 12.2. The van der Waals surface area contributed by atoms with E-state index in [1.54, 1.807) is 12.1 Å². The molecule has 0 saturated heterocycles. The summed E-state index contributed by atoms with van der Waals surface area (Å²) >= 11 is 0. The van der Waals surface area contributed by atoms with E-state index in [1.807, 2.05) is 30.3 Å². The third kappa shape index (κ3) is 5.32. The molecular weight excluding hydrogens is 374 g/mol. The number of hydrogen-bond acceptors (Lipinski definition) is 4. The van der Waals surface area contributed by atoms with Crippen LogP contribution in [0.1, 0.15) is 11.1 Å². The number of hydrogen-bond donors (Lipinski definition) is 5. The third-order valence-electron chi connectivity index (χ3n) is 4.45. The SMILES string of the molecule is NC(=O)Nc1cc2cc(c1)-c1cccc(c1)CC(C(N)=O)NC(=O)CNC(=O)C2. The zero-order chi connectivity index (χ0) is 21.0. The van der Waals surface area contributed by atoms with Crippen LogP contribution in [0, 0.1) is 0 Å². The average molecular weight is 395 g/mol. The van der Waals surface area contributed by atoms with Crippen molar-refractivity contribution in [1.29, 1.82) is 0 Å². The quantitative estimate of drug-likeness (QED) is 0.486. The summed E-state index contributed by atoms with van der Waals surface area (Å²) < 4.78 is 0. The zero-order valence-electron chi connectivity index (χ0n) is 15.5. The van der Waals surface area contributed by atoms with Crippen molar-refractivity contribution in [2.45, 2.75) is 18.9 Å². The number of anilines is 1. The topological polar surface area (TPSA) is 156 Å². The van der Waals surface area contributed by atoms with E-state index in [0.29, 0.717) is 11.3 Å².